The molecule has 2 aromatic rings. The van der Waals surface area contributed by atoms with Gasteiger partial charge in [0.2, 0.25) is 0 Å². The Hall–Kier alpha value is -1.13. The molecule has 0 spiro atoms. The molecule has 0 fully saturated rings. The van der Waals surface area contributed by atoms with E-state index in [1.54, 1.807) is 17.4 Å². The SMILES string of the molecule is CCC(Oc1ccc(F)cc1C)c1nc(CCl)cs1. The summed E-state index contributed by atoms with van der Waals surface area (Å²) in [7, 11) is 0. The molecule has 1 atom stereocenters. The van der Waals surface area contributed by atoms with Crippen LogP contribution in [0.1, 0.15) is 35.7 Å². The topological polar surface area (TPSA) is 22.1 Å². The van der Waals surface area contributed by atoms with Gasteiger partial charge in [-0.15, -0.1) is 22.9 Å². The fourth-order valence-electron chi connectivity index (χ4n) is 1.74. The Morgan fingerprint density at radius 1 is 1.47 bits per heavy atom. The van der Waals surface area contributed by atoms with Crippen LogP contribution in [0.15, 0.2) is 23.6 Å². The van der Waals surface area contributed by atoms with Crippen LogP contribution < -0.4 is 4.74 Å². The van der Waals surface area contributed by atoms with Gasteiger partial charge in [-0.05, 0) is 37.1 Å². The molecule has 0 N–H and O–H groups in total. The number of alkyl halides is 1. The van der Waals surface area contributed by atoms with Gasteiger partial charge in [0.25, 0.3) is 0 Å². The lowest BCUT2D eigenvalue weighted by molar-refractivity contribution is 0.199. The second-order valence-electron chi connectivity index (χ2n) is 4.24. The minimum Gasteiger partial charge on any atom is -0.483 e. The molecule has 0 aliphatic heterocycles. The van der Waals surface area contributed by atoms with Crippen LogP contribution in [0.5, 0.6) is 5.75 Å². The molecule has 2 rings (SSSR count). The second-order valence-corrected chi connectivity index (χ2v) is 5.39. The lowest BCUT2D eigenvalue weighted by Crippen LogP contribution is -2.07. The summed E-state index contributed by atoms with van der Waals surface area (Å²) in [6.07, 6.45) is 0.678. The van der Waals surface area contributed by atoms with Crippen LogP contribution in [0.25, 0.3) is 0 Å². The summed E-state index contributed by atoms with van der Waals surface area (Å²) in [5.41, 5.74) is 1.65. The van der Waals surface area contributed by atoms with E-state index in [1.807, 2.05) is 19.2 Å². The van der Waals surface area contributed by atoms with Gasteiger partial charge in [0.05, 0.1) is 11.6 Å². The molecular formula is C14H15ClFNOS. The van der Waals surface area contributed by atoms with E-state index in [1.165, 1.54) is 12.1 Å². The van der Waals surface area contributed by atoms with E-state index in [0.717, 1.165) is 22.7 Å². The summed E-state index contributed by atoms with van der Waals surface area (Å²) in [4.78, 5) is 4.43. The van der Waals surface area contributed by atoms with Gasteiger partial charge in [0.1, 0.15) is 22.7 Å². The number of hydrogen-bond acceptors (Lipinski definition) is 3. The monoisotopic (exact) mass is 299 g/mol. The number of hydrogen-bond donors (Lipinski definition) is 0. The smallest absolute Gasteiger partial charge is 0.150 e. The number of aromatic nitrogens is 1. The van der Waals surface area contributed by atoms with E-state index < -0.39 is 0 Å². The molecule has 0 aliphatic rings. The summed E-state index contributed by atoms with van der Waals surface area (Å²) in [6.45, 7) is 3.86. The molecular weight excluding hydrogens is 285 g/mol. The Bertz CT molecular complexity index is 558. The van der Waals surface area contributed by atoms with Crippen molar-refractivity contribution in [2.75, 3.05) is 0 Å². The van der Waals surface area contributed by atoms with Gasteiger partial charge in [0.15, 0.2) is 0 Å². The fraction of sp³-hybridized carbons (Fsp3) is 0.357. The summed E-state index contributed by atoms with van der Waals surface area (Å²) in [5, 5.41) is 2.84. The Balaban J connectivity index is 2.18. The van der Waals surface area contributed by atoms with E-state index in [9.17, 15) is 4.39 Å². The summed E-state index contributed by atoms with van der Waals surface area (Å²) in [6, 6.07) is 4.53. The minimum atomic E-state index is -0.253. The Kier molecular flexibility index (Phi) is 4.77. The average Bonchev–Trinajstić information content (AvgIpc) is 2.86. The predicted molar refractivity (Wildman–Crippen MR) is 76.5 cm³/mol. The molecule has 1 aromatic heterocycles. The Morgan fingerprint density at radius 3 is 2.84 bits per heavy atom. The van der Waals surface area contributed by atoms with Crippen LogP contribution in [0.2, 0.25) is 0 Å². The zero-order chi connectivity index (χ0) is 13.8. The van der Waals surface area contributed by atoms with Crippen LogP contribution in [0.4, 0.5) is 4.39 Å². The number of aryl methyl sites for hydroxylation is 1. The highest BCUT2D eigenvalue weighted by Crippen LogP contribution is 2.29. The van der Waals surface area contributed by atoms with Gasteiger partial charge in [-0.25, -0.2) is 9.37 Å². The molecule has 102 valence electrons. The predicted octanol–water partition coefficient (Wildman–Crippen LogP) is 4.86. The van der Waals surface area contributed by atoms with Gasteiger partial charge in [-0.1, -0.05) is 6.92 Å². The lowest BCUT2D eigenvalue weighted by Gasteiger charge is -2.16. The zero-order valence-electron chi connectivity index (χ0n) is 10.8. The van der Waals surface area contributed by atoms with Crippen LogP contribution in [0, 0.1) is 12.7 Å². The normalized spacial score (nSPS) is 12.4. The molecule has 5 heteroatoms. The van der Waals surface area contributed by atoms with E-state index in [-0.39, 0.29) is 11.9 Å². The largest absolute Gasteiger partial charge is 0.483 e. The maximum atomic E-state index is 13.1. The van der Waals surface area contributed by atoms with Gasteiger partial charge in [0, 0.05) is 5.38 Å². The first-order valence-electron chi connectivity index (χ1n) is 6.07. The molecule has 0 bridgehead atoms. The van der Waals surface area contributed by atoms with Gasteiger partial charge in [-0.2, -0.15) is 0 Å². The Labute approximate surface area is 121 Å². The number of benzene rings is 1. The van der Waals surface area contributed by atoms with Crippen LogP contribution >= 0.6 is 22.9 Å². The third kappa shape index (κ3) is 3.45. The average molecular weight is 300 g/mol. The molecule has 1 aromatic carbocycles. The van der Waals surface area contributed by atoms with E-state index in [2.05, 4.69) is 4.98 Å². The summed E-state index contributed by atoms with van der Waals surface area (Å²) in [5.74, 6) is 0.843. The first kappa shape index (κ1) is 14.3. The molecule has 0 aliphatic carbocycles. The van der Waals surface area contributed by atoms with Crippen molar-refractivity contribution in [1.29, 1.82) is 0 Å². The van der Waals surface area contributed by atoms with Crippen molar-refractivity contribution < 1.29 is 9.13 Å². The van der Waals surface area contributed by atoms with Crippen molar-refractivity contribution in [2.45, 2.75) is 32.3 Å². The van der Waals surface area contributed by atoms with Crippen molar-refractivity contribution in [3.05, 3.63) is 45.7 Å². The maximum absolute atomic E-state index is 13.1. The molecule has 0 saturated heterocycles. The molecule has 0 saturated carbocycles. The number of rotatable bonds is 5. The standard InChI is InChI=1S/C14H15ClFNOS/c1-3-12(14-17-11(7-15)8-19-14)18-13-5-4-10(16)6-9(13)2/h4-6,8,12H,3,7H2,1-2H3. The van der Waals surface area contributed by atoms with Crippen LogP contribution in [-0.2, 0) is 5.88 Å². The van der Waals surface area contributed by atoms with E-state index in [0.29, 0.717) is 11.6 Å². The fourth-order valence-corrected chi connectivity index (χ4v) is 2.90. The molecule has 2 nitrogen and oxygen atoms in total. The highest BCUT2D eigenvalue weighted by atomic mass is 35.5. The summed E-state index contributed by atoms with van der Waals surface area (Å²) >= 11 is 7.29. The third-order valence-electron chi connectivity index (χ3n) is 2.76. The molecule has 1 unspecified atom stereocenters. The first-order valence-corrected chi connectivity index (χ1v) is 7.48. The lowest BCUT2D eigenvalue weighted by atomic mass is 10.2. The molecule has 0 amide bonds. The van der Waals surface area contributed by atoms with Gasteiger partial charge >= 0.3 is 0 Å². The maximum Gasteiger partial charge on any atom is 0.150 e. The quantitative estimate of drug-likeness (QED) is 0.736. The summed E-state index contributed by atoms with van der Waals surface area (Å²) < 4.78 is 19.0. The molecule has 0 radical (unpaired) electrons. The van der Waals surface area contributed by atoms with E-state index >= 15 is 0 Å². The highest BCUT2D eigenvalue weighted by molar-refractivity contribution is 7.09. The molecule has 1 heterocycles. The molecule has 19 heavy (non-hydrogen) atoms. The number of ether oxygens (including phenoxy) is 1. The van der Waals surface area contributed by atoms with Gasteiger partial charge < -0.3 is 4.74 Å². The second kappa shape index (κ2) is 6.35. The number of nitrogens with zero attached hydrogens (tertiary/aromatic N) is 1. The van der Waals surface area contributed by atoms with Crippen molar-refractivity contribution in [1.82, 2.24) is 4.98 Å². The van der Waals surface area contributed by atoms with Crippen molar-refractivity contribution in [3.63, 3.8) is 0 Å². The number of halogens is 2. The highest BCUT2D eigenvalue weighted by Gasteiger charge is 2.16. The van der Waals surface area contributed by atoms with Crippen molar-refractivity contribution in [3.8, 4) is 5.75 Å². The first-order chi connectivity index (χ1) is 9.13. The van der Waals surface area contributed by atoms with Crippen molar-refractivity contribution in [2.24, 2.45) is 0 Å². The van der Waals surface area contributed by atoms with Crippen LogP contribution in [-0.4, -0.2) is 4.98 Å². The number of thiazole rings is 1. The Morgan fingerprint density at radius 2 is 2.26 bits per heavy atom. The van der Waals surface area contributed by atoms with Gasteiger partial charge in [-0.3, -0.25) is 0 Å². The zero-order valence-corrected chi connectivity index (χ0v) is 12.4. The van der Waals surface area contributed by atoms with E-state index in [4.69, 9.17) is 16.3 Å². The third-order valence-corrected chi connectivity index (χ3v) is 4.02. The van der Waals surface area contributed by atoms with Crippen molar-refractivity contribution >= 4 is 22.9 Å². The minimum absolute atomic E-state index is 0.119. The van der Waals surface area contributed by atoms with Crippen LogP contribution in [0.3, 0.4) is 0 Å².